The maximum absolute atomic E-state index is 13.9. The van der Waals surface area contributed by atoms with Gasteiger partial charge in [0.1, 0.15) is 5.82 Å². The predicted molar refractivity (Wildman–Crippen MR) is 197 cm³/mol. The lowest BCUT2D eigenvalue weighted by atomic mass is 9.81. The molecule has 2 heterocycles. The van der Waals surface area contributed by atoms with Gasteiger partial charge >= 0.3 is 5.97 Å². The van der Waals surface area contributed by atoms with Crippen molar-refractivity contribution in [2.75, 3.05) is 18.0 Å². The van der Waals surface area contributed by atoms with Gasteiger partial charge in [0, 0.05) is 54.3 Å². The van der Waals surface area contributed by atoms with Crippen LogP contribution in [0.15, 0.2) is 72.8 Å². The lowest BCUT2D eigenvalue weighted by Crippen LogP contribution is -2.39. The summed E-state index contributed by atoms with van der Waals surface area (Å²) in [6.07, 6.45) is 0.752. The first-order valence-corrected chi connectivity index (χ1v) is 17.4. The van der Waals surface area contributed by atoms with Gasteiger partial charge in [-0.15, -0.1) is 0 Å². The average Bonchev–Trinajstić information content (AvgIpc) is 3.04. The van der Waals surface area contributed by atoms with Crippen LogP contribution in [0.2, 0.25) is 0 Å². The Bertz CT molecular complexity index is 1830. The zero-order chi connectivity index (χ0) is 36.4. The normalized spacial score (nSPS) is 15.1. The highest BCUT2D eigenvalue weighted by molar-refractivity contribution is 5.95. The number of hydrogen-bond donors (Lipinski definition) is 1. The molecule has 1 aliphatic rings. The van der Waals surface area contributed by atoms with Crippen molar-refractivity contribution in [1.82, 2.24) is 9.88 Å². The van der Waals surface area contributed by atoms with Crippen LogP contribution in [-0.2, 0) is 22.6 Å². The summed E-state index contributed by atoms with van der Waals surface area (Å²) in [5.41, 5.74) is 7.48. The topological polar surface area (TPSA) is 83.0 Å². The molecule has 0 spiro atoms. The van der Waals surface area contributed by atoms with E-state index in [0.29, 0.717) is 29.9 Å². The number of aliphatic carboxylic acids is 1. The second kappa shape index (κ2) is 14.7. The summed E-state index contributed by atoms with van der Waals surface area (Å²) < 4.78 is 19.9. The van der Waals surface area contributed by atoms with Crippen molar-refractivity contribution >= 4 is 17.6 Å². The van der Waals surface area contributed by atoms with Crippen molar-refractivity contribution in [1.29, 1.82) is 0 Å². The predicted octanol–water partition coefficient (Wildman–Crippen LogP) is 9.22. The number of carboxylic acids is 1. The Morgan fingerprint density at radius 3 is 2.00 bits per heavy atom. The van der Waals surface area contributed by atoms with E-state index in [4.69, 9.17) is 9.72 Å². The molecule has 1 aliphatic heterocycles. The third-order valence-corrected chi connectivity index (χ3v) is 9.54. The molecule has 3 aromatic carbocycles. The molecule has 1 fully saturated rings. The molecule has 0 radical (unpaired) electrons. The van der Waals surface area contributed by atoms with Crippen LogP contribution >= 0.6 is 0 Å². The fourth-order valence-corrected chi connectivity index (χ4v) is 6.75. The first kappa shape index (κ1) is 36.7. The first-order valence-electron chi connectivity index (χ1n) is 17.4. The Morgan fingerprint density at radius 2 is 1.46 bits per heavy atom. The van der Waals surface area contributed by atoms with E-state index in [2.05, 4.69) is 18.7 Å². The van der Waals surface area contributed by atoms with Gasteiger partial charge in [0.15, 0.2) is 6.10 Å². The molecule has 1 N–H and O–H groups in total. The molecule has 0 saturated carbocycles. The van der Waals surface area contributed by atoms with Crippen LogP contribution in [0.5, 0.6) is 0 Å². The lowest BCUT2D eigenvalue weighted by molar-refractivity contribution is -0.160. The number of carbonyl (C=O) groups is 2. The minimum atomic E-state index is -1.20. The van der Waals surface area contributed by atoms with Crippen molar-refractivity contribution in [3.8, 4) is 11.1 Å². The number of hydrogen-bond acceptors (Lipinski definition) is 5. The Morgan fingerprint density at radius 1 is 0.900 bits per heavy atom. The van der Waals surface area contributed by atoms with Gasteiger partial charge in [-0.2, -0.15) is 0 Å². The van der Waals surface area contributed by atoms with Crippen LogP contribution in [0, 0.1) is 32.0 Å². The van der Waals surface area contributed by atoms with Gasteiger partial charge in [0.25, 0.3) is 5.91 Å². The molecule has 1 aromatic heterocycles. The van der Waals surface area contributed by atoms with Crippen molar-refractivity contribution < 1.29 is 23.8 Å². The van der Waals surface area contributed by atoms with Gasteiger partial charge in [0.05, 0.1) is 11.3 Å². The number of aromatic nitrogens is 1. The molecule has 1 atom stereocenters. The van der Waals surface area contributed by atoms with Crippen molar-refractivity contribution in [2.45, 2.75) is 93.0 Å². The van der Waals surface area contributed by atoms with E-state index >= 15 is 0 Å². The molecular formula is C42H50FN3O4. The third-order valence-electron chi connectivity index (χ3n) is 9.54. The molecule has 1 saturated heterocycles. The molecule has 0 bridgehead atoms. The van der Waals surface area contributed by atoms with E-state index < -0.39 is 17.7 Å². The fraction of sp³-hybridized carbons (Fsp3) is 0.405. The molecular weight excluding hydrogens is 629 g/mol. The van der Waals surface area contributed by atoms with E-state index in [1.54, 1.807) is 17.0 Å². The maximum atomic E-state index is 13.9. The smallest absolute Gasteiger partial charge is 0.337 e. The average molecular weight is 680 g/mol. The standard InChI is InChI=1S/C42H50FN3O4/c1-27-11-9-10-12-34(27)39(47)46(26-31-15-19-33(43)20-16-31)25-30-13-17-32(18-14-30)35-28(2)44-29(3)36(38(40(48)49)50-41(4,5)6)37(35)45-23-21-42(7,8)22-24-45/h9-20,38H,21-26H2,1-8H3,(H,48,49)/t38-/m0/s1. The summed E-state index contributed by atoms with van der Waals surface area (Å²) >= 11 is 0. The van der Waals surface area contributed by atoms with E-state index in [1.165, 1.54) is 12.1 Å². The zero-order valence-corrected chi connectivity index (χ0v) is 30.6. The number of pyridine rings is 1. The van der Waals surface area contributed by atoms with Crippen LogP contribution < -0.4 is 4.90 Å². The number of nitrogens with zero attached hydrogens (tertiary/aromatic N) is 3. The number of carbonyl (C=O) groups excluding carboxylic acids is 1. The Labute approximate surface area is 296 Å². The Balaban J connectivity index is 1.56. The minimum absolute atomic E-state index is 0.103. The maximum Gasteiger partial charge on any atom is 0.337 e. The number of piperidine rings is 1. The summed E-state index contributed by atoms with van der Waals surface area (Å²) in [7, 11) is 0. The summed E-state index contributed by atoms with van der Waals surface area (Å²) in [6.45, 7) is 18.2. The summed E-state index contributed by atoms with van der Waals surface area (Å²) in [6, 6.07) is 21.9. The van der Waals surface area contributed by atoms with Crippen molar-refractivity contribution in [2.24, 2.45) is 5.41 Å². The summed E-state index contributed by atoms with van der Waals surface area (Å²) in [5, 5.41) is 10.5. The number of amides is 1. The van der Waals surface area contributed by atoms with Gasteiger partial charge < -0.3 is 19.6 Å². The number of halogens is 1. The number of anilines is 1. The number of ether oxygens (including phenoxy) is 1. The Hall–Kier alpha value is -4.56. The number of rotatable bonds is 10. The van der Waals surface area contributed by atoms with Crippen LogP contribution in [0.25, 0.3) is 11.1 Å². The minimum Gasteiger partial charge on any atom is -0.479 e. The van der Waals surface area contributed by atoms with E-state index in [1.807, 2.05) is 90.1 Å². The summed E-state index contributed by atoms with van der Waals surface area (Å²) in [4.78, 5) is 35.8. The van der Waals surface area contributed by atoms with Gasteiger partial charge in [-0.05, 0) is 100 Å². The zero-order valence-electron chi connectivity index (χ0n) is 30.6. The molecule has 0 unspecified atom stereocenters. The number of benzene rings is 3. The molecule has 7 nitrogen and oxygen atoms in total. The first-order chi connectivity index (χ1) is 23.5. The molecule has 4 aromatic rings. The van der Waals surface area contributed by atoms with Gasteiger partial charge in [-0.3, -0.25) is 9.78 Å². The molecule has 50 heavy (non-hydrogen) atoms. The van der Waals surface area contributed by atoms with Gasteiger partial charge in [-0.1, -0.05) is 68.4 Å². The van der Waals surface area contributed by atoms with Crippen LogP contribution in [0.1, 0.15) is 97.6 Å². The number of carboxylic acid groups (broad SMARTS) is 1. The van der Waals surface area contributed by atoms with Crippen molar-refractivity contribution in [3.63, 3.8) is 0 Å². The second-order valence-electron chi connectivity index (χ2n) is 15.3. The monoisotopic (exact) mass is 679 g/mol. The second-order valence-corrected chi connectivity index (χ2v) is 15.3. The fourth-order valence-electron chi connectivity index (χ4n) is 6.75. The quantitative estimate of drug-likeness (QED) is 0.180. The van der Waals surface area contributed by atoms with E-state index in [-0.39, 0.29) is 17.1 Å². The van der Waals surface area contributed by atoms with Crippen LogP contribution in [0.4, 0.5) is 10.1 Å². The SMILES string of the molecule is Cc1ccccc1C(=O)N(Cc1ccc(F)cc1)Cc1ccc(-c2c(C)nc(C)c([C@H](OC(C)(C)C)C(=O)O)c2N2CCC(C)(C)CC2)cc1. The molecule has 264 valence electrons. The molecule has 1 amide bonds. The van der Waals surface area contributed by atoms with Gasteiger partial charge in [0.2, 0.25) is 0 Å². The lowest BCUT2D eigenvalue weighted by Gasteiger charge is -2.41. The molecule has 8 heteroatoms. The molecule has 0 aliphatic carbocycles. The Kier molecular flexibility index (Phi) is 10.8. The largest absolute Gasteiger partial charge is 0.479 e. The highest BCUT2D eigenvalue weighted by atomic mass is 19.1. The van der Waals surface area contributed by atoms with Crippen LogP contribution in [-0.4, -0.2) is 45.6 Å². The molecule has 5 rings (SSSR count). The van der Waals surface area contributed by atoms with Gasteiger partial charge in [-0.25, -0.2) is 9.18 Å². The van der Waals surface area contributed by atoms with E-state index in [0.717, 1.165) is 65.1 Å². The highest BCUT2D eigenvalue weighted by Crippen LogP contribution is 2.45. The summed E-state index contributed by atoms with van der Waals surface area (Å²) in [5.74, 6) is -1.47. The number of aryl methyl sites for hydroxylation is 3. The van der Waals surface area contributed by atoms with Crippen molar-refractivity contribution in [3.05, 3.63) is 118 Å². The highest BCUT2D eigenvalue weighted by Gasteiger charge is 2.36. The third kappa shape index (κ3) is 8.59. The van der Waals surface area contributed by atoms with Crippen LogP contribution in [0.3, 0.4) is 0 Å². The van der Waals surface area contributed by atoms with E-state index in [9.17, 15) is 19.1 Å².